The zero-order chi connectivity index (χ0) is 16.5. The molecule has 0 aliphatic carbocycles. The van der Waals surface area contributed by atoms with Gasteiger partial charge >= 0.3 is 5.69 Å². The van der Waals surface area contributed by atoms with E-state index < -0.39 is 16.9 Å². The molecule has 0 saturated carbocycles. The molecule has 0 radical (unpaired) electrons. The van der Waals surface area contributed by atoms with Crippen molar-refractivity contribution < 1.29 is 8.91 Å². The van der Waals surface area contributed by atoms with Crippen LogP contribution in [0.5, 0.6) is 0 Å². The number of nitrogens with one attached hydrogen (secondary N) is 1. The maximum Gasteiger partial charge on any atom is 0.328 e. The fourth-order valence-electron chi connectivity index (χ4n) is 2.14. The number of nitrogens with zero attached hydrogens (tertiary/aromatic N) is 3. The third-order valence-corrected chi connectivity index (χ3v) is 3.71. The number of unbranched alkanes of at least 4 members (excludes halogenated alkanes) is 1. The van der Waals surface area contributed by atoms with Crippen molar-refractivity contribution in [2.24, 2.45) is 7.05 Å². The molecule has 2 rings (SSSR count). The van der Waals surface area contributed by atoms with Crippen LogP contribution in [0.25, 0.3) is 11.4 Å². The summed E-state index contributed by atoms with van der Waals surface area (Å²) in [5, 5.41) is 3.69. The van der Waals surface area contributed by atoms with Crippen LogP contribution in [0.1, 0.15) is 44.7 Å². The van der Waals surface area contributed by atoms with Crippen LogP contribution in [0.2, 0.25) is 0 Å². The number of hydrogen-bond donors (Lipinski definition) is 1. The Morgan fingerprint density at radius 3 is 2.73 bits per heavy atom. The van der Waals surface area contributed by atoms with Gasteiger partial charge in [0.05, 0.1) is 0 Å². The van der Waals surface area contributed by atoms with Crippen LogP contribution in [-0.4, -0.2) is 19.7 Å². The van der Waals surface area contributed by atoms with E-state index in [2.05, 4.69) is 15.1 Å². The molecule has 0 fully saturated rings. The van der Waals surface area contributed by atoms with E-state index in [0.717, 1.165) is 6.42 Å². The number of aromatic amines is 1. The predicted molar refractivity (Wildman–Crippen MR) is 78.3 cm³/mol. The van der Waals surface area contributed by atoms with E-state index in [-0.39, 0.29) is 23.7 Å². The molecule has 8 heteroatoms. The predicted octanol–water partition coefficient (Wildman–Crippen LogP) is 1.81. The van der Waals surface area contributed by atoms with Gasteiger partial charge in [0.2, 0.25) is 5.82 Å². The van der Waals surface area contributed by atoms with Crippen molar-refractivity contribution in [2.45, 2.75) is 45.7 Å². The molecule has 22 heavy (non-hydrogen) atoms. The third kappa shape index (κ3) is 2.86. The first kappa shape index (κ1) is 16.1. The van der Waals surface area contributed by atoms with Gasteiger partial charge in [-0.25, -0.2) is 9.18 Å². The lowest BCUT2D eigenvalue weighted by Gasteiger charge is -2.14. The summed E-state index contributed by atoms with van der Waals surface area (Å²) >= 11 is 0. The van der Waals surface area contributed by atoms with Gasteiger partial charge in [0.25, 0.3) is 11.4 Å². The van der Waals surface area contributed by atoms with Crippen LogP contribution in [0.15, 0.2) is 14.1 Å². The Balaban J connectivity index is 2.48. The van der Waals surface area contributed by atoms with E-state index in [0.29, 0.717) is 12.1 Å². The number of aromatic nitrogens is 4. The molecule has 2 aromatic heterocycles. The Morgan fingerprint density at radius 2 is 2.09 bits per heavy atom. The van der Waals surface area contributed by atoms with Gasteiger partial charge in [-0.2, -0.15) is 4.98 Å². The maximum atomic E-state index is 14.5. The molecule has 2 heterocycles. The van der Waals surface area contributed by atoms with Crippen molar-refractivity contribution in [1.29, 1.82) is 0 Å². The summed E-state index contributed by atoms with van der Waals surface area (Å²) in [4.78, 5) is 29.6. The van der Waals surface area contributed by atoms with Crippen LogP contribution in [0.4, 0.5) is 4.39 Å². The summed E-state index contributed by atoms with van der Waals surface area (Å²) in [6.45, 7) is 4.92. The van der Waals surface area contributed by atoms with Gasteiger partial charge < -0.3 is 9.09 Å². The van der Waals surface area contributed by atoms with Crippen molar-refractivity contribution >= 4 is 0 Å². The minimum absolute atomic E-state index is 0.0234. The number of rotatable bonds is 5. The lowest BCUT2D eigenvalue weighted by Crippen LogP contribution is -2.31. The number of alkyl halides is 1. The molecule has 0 spiro atoms. The fourth-order valence-corrected chi connectivity index (χ4v) is 2.14. The highest BCUT2D eigenvalue weighted by Crippen LogP contribution is 2.31. The number of hydrogen-bond acceptors (Lipinski definition) is 5. The average molecular weight is 310 g/mol. The summed E-state index contributed by atoms with van der Waals surface area (Å²) in [5.74, 6) is -0.187. The quantitative estimate of drug-likeness (QED) is 0.909. The standard InChI is InChI=1S/C14H19FN4O3/c1-5-6-7-14(3,15)12-16-10(18-22-12)9-8(2)19(4)13(21)17-11(9)20/h5-7H2,1-4H3,(H,17,20,21). The Morgan fingerprint density at radius 1 is 1.41 bits per heavy atom. The fraction of sp³-hybridized carbons (Fsp3) is 0.571. The summed E-state index contributed by atoms with van der Waals surface area (Å²) in [7, 11) is 1.51. The zero-order valence-electron chi connectivity index (χ0n) is 13.1. The highest BCUT2D eigenvalue weighted by atomic mass is 19.1. The van der Waals surface area contributed by atoms with Crippen LogP contribution < -0.4 is 11.2 Å². The SMILES string of the molecule is CCCCC(C)(F)c1nc(-c2c(C)n(C)c(=O)[nH]c2=O)no1. The second kappa shape index (κ2) is 5.86. The minimum Gasteiger partial charge on any atom is -0.335 e. The van der Waals surface area contributed by atoms with Crippen molar-refractivity contribution in [1.82, 2.24) is 19.7 Å². The molecular weight excluding hydrogens is 291 g/mol. The van der Waals surface area contributed by atoms with Crippen molar-refractivity contribution in [3.05, 3.63) is 32.4 Å². The summed E-state index contributed by atoms with van der Waals surface area (Å²) in [5.41, 5.74) is -2.42. The monoisotopic (exact) mass is 310 g/mol. The van der Waals surface area contributed by atoms with E-state index in [1.54, 1.807) is 6.92 Å². The number of halogens is 1. The molecule has 1 unspecified atom stereocenters. The van der Waals surface area contributed by atoms with E-state index in [1.807, 2.05) is 6.92 Å². The average Bonchev–Trinajstić information content (AvgIpc) is 2.93. The zero-order valence-corrected chi connectivity index (χ0v) is 13.1. The molecule has 7 nitrogen and oxygen atoms in total. The molecule has 0 saturated heterocycles. The molecule has 1 N–H and O–H groups in total. The first-order valence-electron chi connectivity index (χ1n) is 7.11. The Kier molecular flexibility index (Phi) is 4.30. The van der Waals surface area contributed by atoms with Crippen LogP contribution in [0, 0.1) is 6.92 Å². The Hall–Kier alpha value is -2.25. The Labute approximate surface area is 126 Å². The molecule has 0 aromatic carbocycles. The first-order valence-corrected chi connectivity index (χ1v) is 7.11. The highest BCUT2D eigenvalue weighted by Gasteiger charge is 2.33. The second-order valence-electron chi connectivity index (χ2n) is 5.50. The largest absolute Gasteiger partial charge is 0.335 e. The van der Waals surface area contributed by atoms with Crippen LogP contribution in [0.3, 0.4) is 0 Å². The summed E-state index contributed by atoms with van der Waals surface area (Å²) in [6, 6.07) is 0. The van der Waals surface area contributed by atoms with E-state index in [1.165, 1.54) is 18.5 Å². The lowest BCUT2D eigenvalue weighted by atomic mass is 10.0. The van der Waals surface area contributed by atoms with Crippen molar-refractivity contribution in [2.75, 3.05) is 0 Å². The molecule has 120 valence electrons. The van der Waals surface area contributed by atoms with E-state index in [4.69, 9.17) is 4.52 Å². The lowest BCUT2D eigenvalue weighted by molar-refractivity contribution is 0.118. The van der Waals surface area contributed by atoms with Gasteiger partial charge in [-0.05, 0) is 20.3 Å². The normalized spacial score (nSPS) is 14.0. The van der Waals surface area contributed by atoms with E-state index >= 15 is 0 Å². The molecule has 0 bridgehead atoms. The topological polar surface area (TPSA) is 93.8 Å². The molecule has 1 atom stereocenters. The van der Waals surface area contributed by atoms with Crippen molar-refractivity contribution in [3.63, 3.8) is 0 Å². The van der Waals surface area contributed by atoms with Gasteiger partial charge in [-0.15, -0.1) is 0 Å². The van der Waals surface area contributed by atoms with Gasteiger partial charge in [0.1, 0.15) is 5.56 Å². The molecule has 0 aliphatic rings. The van der Waals surface area contributed by atoms with Crippen LogP contribution >= 0.6 is 0 Å². The van der Waals surface area contributed by atoms with Gasteiger partial charge in [0, 0.05) is 12.7 Å². The third-order valence-electron chi connectivity index (χ3n) is 3.71. The molecular formula is C14H19FN4O3. The smallest absolute Gasteiger partial charge is 0.328 e. The molecule has 2 aromatic rings. The van der Waals surface area contributed by atoms with E-state index in [9.17, 15) is 14.0 Å². The summed E-state index contributed by atoms with van der Waals surface area (Å²) in [6.07, 6.45) is 1.79. The Bertz CT molecular complexity index is 788. The van der Waals surface area contributed by atoms with Gasteiger partial charge in [-0.1, -0.05) is 24.9 Å². The summed E-state index contributed by atoms with van der Waals surface area (Å²) < 4.78 is 20.8. The molecule has 0 aliphatic heterocycles. The van der Waals surface area contributed by atoms with Crippen molar-refractivity contribution in [3.8, 4) is 11.4 Å². The van der Waals surface area contributed by atoms with Crippen LogP contribution in [-0.2, 0) is 12.7 Å². The maximum absolute atomic E-state index is 14.5. The minimum atomic E-state index is -1.75. The van der Waals surface area contributed by atoms with Gasteiger partial charge in [0.15, 0.2) is 5.67 Å². The van der Waals surface area contributed by atoms with Gasteiger partial charge in [-0.3, -0.25) is 9.78 Å². The number of H-pyrrole nitrogens is 1. The first-order chi connectivity index (χ1) is 10.3. The molecule has 0 amide bonds. The highest BCUT2D eigenvalue weighted by molar-refractivity contribution is 5.55. The second-order valence-corrected chi connectivity index (χ2v) is 5.50.